The number of nitrogens with one attached hydrogen (secondary N) is 1. The van der Waals surface area contributed by atoms with Crippen molar-refractivity contribution in [3.63, 3.8) is 0 Å². The molecule has 1 aromatic carbocycles. The van der Waals surface area contributed by atoms with Crippen LogP contribution in [0.15, 0.2) is 24.3 Å². The van der Waals surface area contributed by atoms with E-state index < -0.39 is 0 Å². The van der Waals surface area contributed by atoms with Gasteiger partial charge in [0.15, 0.2) is 0 Å². The molecule has 0 saturated heterocycles. The van der Waals surface area contributed by atoms with Crippen molar-refractivity contribution >= 4 is 5.69 Å². The number of ether oxygens (including phenoxy) is 1. The second-order valence-corrected chi connectivity index (χ2v) is 5.08. The van der Waals surface area contributed by atoms with Crippen molar-refractivity contribution in [3.8, 4) is 5.75 Å². The summed E-state index contributed by atoms with van der Waals surface area (Å²) in [5.41, 5.74) is 6.94. The van der Waals surface area contributed by atoms with Crippen LogP contribution in [0.5, 0.6) is 5.75 Å². The molecule has 3 nitrogen and oxygen atoms in total. The molecule has 18 heavy (non-hydrogen) atoms. The number of hydrogen-bond donors (Lipinski definition) is 2. The van der Waals surface area contributed by atoms with Gasteiger partial charge in [0, 0.05) is 23.8 Å². The highest BCUT2D eigenvalue weighted by molar-refractivity contribution is 5.50. The van der Waals surface area contributed by atoms with Gasteiger partial charge in [0.05, 0.1) is 7.11 Å². The van der Waals surface area contributed by atoms with E-state index in [4.69, 9.17) is 10.5 Å². The number of anilines is 1. The Labute approximate surface area is 111 Å². The van der Waals surface area contributed by atoms with Gasteiger partial charge in [0.25, 0.3) is 0 Å². The van der Waals surface area contributed by atoms with Gasteiger partial charge < -0.3 is 15.8 Å². The third kappa shape index (κ3) is 4.57. The first-order valence-corrected chi connectivity index (χ1v) is 6.76. The summed E-state index contributed by atoms with van der Waals surface area (Å²) in [5.74, 6) is 0.868. The molecule has 0 saturated carbocycles. The zero-order valence-electron chi connectivity index (χ0n) is 11.8. The van der Waals surface area contributed by atoms with Crippen molar-refractivity contribution in [1.29, 1.82) is 0 Å². The van der Waals surface area contributed by atoms with E-state index in [9.17, 15) is 0 Å². The van der Waals surface area contributed by atoms with Crippen LogP contribution in [0.3, 0.4) is 0 Å². The number of methoxy groups -OCH3 is 1. The summed E-state index contributed by atoms with van der Waals surface area (Å²) in [6.45, 7) is 5.03. The predicted molar refractivity (Wildman–Crippen MR) is 78.2 cm³/mol. The molecule has 0 spiro atoms. The van der Waals surface area contributed by atoms with Crippen molar-refractivity contribution in [3.05, 3.63) is 24.3 Å². The lowest BCUT2D eigenvalue weighted by Gasteiger charge is -2.31. The number of benzene rings is 1. The lowest BCUT2D eigenvalue weighted by atomic mass is 9.94. The second-order valence-electron chi connectivity index (χ2n) is 5.08. The summed E-state index contributed by atoms with van der Waals surface area (Å²) >= 11 is 0. The average Bonchev–Trinajstić information content (AvgIpc) is 2.39. The predicted octanol–water partition coefficient (Wildman–Crippen LogP) is 3.40. The summed E-state index contributed by atoms with van der Waals surface area (Å²) in [5, 5.41) is 3.53. The second kappa shape index (κ2) is 7.27. The van der Waals surface area contributed by atoms with Crippen LogP contribution >= 0.6 is 0 Å². The Kier molecular flexibility index (Phi) is 5.99. The minimum atomic E-state index is -0.0401. The third-order valence-electron chi connectivity index (χ3n) is 3.30. The number of rotatable bonds is 8. The molecule has 0 bridgehead atoms. The SMILES string of the molecule is CCCCCC(C)(CN)Nc1cccc(OC)c1. The Morgan fingerprint density at radius 1 is 1.33 bits per heavy atom. The Morgan fingerprint density at radius 3 is 2.72 bits per heavy atom. The summed E-state index contributed by atoms with van der Waals surface area (Å²) in [6.07, 6.45) is 4.80. The Bertz CT molecular complexity index is 354. The van der Waals surface area contributed by atoms with Gasteiger partial charge >= 0.3 is 0 Å². The van der Waals surface area contributed by atoms with E-state index in [1.165, 1.54) is 19.3 Å². The van der Waals surface area contributed by atoms with Crippen LogP contribution in [0.1, 0.15) is 39.5 Å². The fourth-order valence-corrected chi connectivity index (χ4v) is 2.03. The lowest BCUT2D eigenvalue weighted by Crippen LogP contribution is -2.42. The molecule has 0 heterocycles. The van der Waals surface area contributed by atoms with Crippen LogP contribution in [0.25, 0.3) is 0 Å². The molecule has 0 aliphatic carbocycles. The topological polar surface area (TPSA) is 47.3 Å². The smallest absolute Gasteiger partial charge is 0.120 e. The first-order valence-electron chi connectivity index (χ1n) is 6.76. The van der Waals surface area contributed by atoms with Gasteiger partial charge in [-0.2, -0.15) is 0 Å². The monoisotopic (exact) mass is 250 g/mol. The van der Waals surface area contributed by atoms with E-state index in [0.29, 0.717) is 6.54 Å². The molecule has 0 aromatic heterocycles. The standard InChI is InChI=1S/C15H26N2O/c1-4-5-6-10-15(2,12-16)17-13-8-7-9-14(11-13)18-3/h7-9,11,17H,4-6,10,12,16H2,1-3H3. The Morgan fingerprint density at radius 2 is 2.11 bits per heavy atom. The third-order valence-corrected chi connectivity index (χ3v) is 3.30. The van der Waals surface area contributed by atoms with E-state index in [-0.39, 0.29) is 5.54 Å². The average molecular weight is 250 g/mol. The van der Waals surface area contributed by atoms with E-state index in [1.807, 2.05) is 18.2 Å². The molecule has 0 radical (unpaired) electrons. The molecule has 1 aromatic rings. The molecular formula is C15H26N2O. The molecule has 0 aliphatic rings. The number of unbranched alkanes of at least 4 members (excludes halogenated alkanes) is 2. The van der Waals surface area contributed by atoms with E-state index in [1.54, 1.807) is 7.11 Å². The van der Waals surface area contributed by atoms with Gasteiger partial charge in [0.1, 0.15) is 5.75 Å². The lowest BCUT2D eigenvalue weighted by molar-refractivity contribution is 0.414. The van der Waals surface area contributed by atoms with Crippen LogP contribution in [-0.4, -0.2) is 19.2 Å². The maximum Gasteiger partial charge on any atom is 0.120 e. The summed E-state index contributed by atoms with van der Waals surface area (Å²) in [7, 11) is 1.68. The van der Waals surface area contributed by atoms with E-state index in [2.05, 4.69) is 25.2 Å². The highest BCUT2D eigenvalue weighted by Gasteiger charge is 2.21. The molecule has 3 heteroatoms. The van der Waals surface area contributed by atoms with Crippen molar-refractivity contribution in [2.45, 2.75) is 45.1 Å². The van der Waals surface area contributed by atoms with Crippen molar-refractivity contribution < 1.29 is 4.74 Å². The van der Waals surface area contributed by atoms with Gasteiger partial charge in [0.2, 0.25) is 0 Å². The van der Waals surface area contributed by atoms with Crippen LogP contribution in [0, 0.1) is 0 Å². The summed E-state index contributed by atoms with van der Waals surface area (Å²) < 4.78 is 5.23. The minimum Gasteiger partial charge on any atom is -0.497 e. The molecule has 1 rings (SSSR count). The summed E-state index contributed by atoms with van der Waals surface area (Å²) in [6, 6.07) is 8.00. The summed E-state index contributed by atoms with van der Waals surface area (Å²) in [4.78, 5) is 0. The van der Waals surface area contributed by atoms with Crippen LogP contribution in [0.4, 0.5) is 5.69 Å². The normalized spacial score (nSPS) is 14.0. The van der Waals surface area contributed by atoms with Crippen LogP contribution in [0.2, 0.25) is 0 Å². The maximum absolute atomic E-state index is 5.91. The first kappa shape index (κ1) is 14.8. The van der Waals surface area contributed by atoms with E-state index in [0.717, 1.165) is 17.9 Å². The largest absolute Gasteiger partial charge is 0.497 e. The van der Waals surface area contributed by atoms with Crippen molar-refractivity contribution in [2.75, 3.05) is 19.0 Å². The maximum atomic E-state index is 5.91. The van der Waals surface area contributed by atoms with Gasteiger partial charge in [-0.3, -0.25) is 0 Å². The zero-order chi connectivity index (χ0) is 13.4. The van der Waals surface area contributed by atoms with Crippen LogP contribution in [-0.2, 0) is 0 Å². The number of hydrogen-bond acceptors (Lipinski definition) is 3. The fourth-order valence-electron chi connectivity index (χ4n) is 2.03. The Hall–Kier alpha value is -1.22. The highest BCUT2D eigenvalue weighted by Crippen LogP contribution is 2.23. The van der Waals surface area contributed by atoms with Gasteiger partial charge in [-0.25, -0.2) is 0 Å². The molecule has 0 fully saturated rings. The van der Waals surface area contributed by atoms with Gasteiger partial charge in [-0.05, 0) is 25.5 Å². The molecule has 1 atom stereocenters. The molecular weight excluding hydrogens is 224 g/mol. The zero-order valence-corrected chi connectivity index (χ0v) is 11.8. The van der Waals surface area contributed by atoms with E-state index >= 15 is 0 Å². The highest BCUT2D eigenvalue weighted by atomic mass is 16.5. The molecule has 0 aliphatic heterocycles. The molecule has 0 amide bonds. The molecule has 102 valence electrons. The molecule has 3 N–H and O–H groups in total. The fraction of sp³-hybridized carbons (Fsp3) is 0.600. The van der Waals surface area contributed by atoms with Crippen molar-refractivity contribution in [1.82, 2.24) is 0 Å². The van der Waals surface area contributed by atoms with Gasteiger partial charge in [-0.15, -0.1) is 0 Å². The minimum absolute atomic E-state index is 0.0401. The van der Waals surface area contributed by atoms with Gasteiger partial charge in [-0.1, -0.05) is 32.3 Å². The Balaban J connectivity index is 2.65. The van der Waals surface area contributed by atoms with Crippen LogP contribution < -0.4 is 15.8 Å². The first-order chi connectivity index (χ1) is 8.63. The number of nitrogens with two attached hydrogens (primary N) is 1. The molecule has 1 unspecified atom stereocenters. The van der Waals surface area contributed by atoms with Crippen molar-refractivity contribution in [2.24, 2.45) is 5.73 Å². The quantitative estimate of drug-likeness (QED) is 0.695.